The monoisotopic (exact) mass is 510 g/mol. The van der Waals surface area contributed by atoms with Gasteiger partial charge in [-0.05, 0) is 73.4 Å². The molecule has 0 aliphatic carbocycles. The smallest absolute Gasteiger partial charge is 0.325 e. The third-order valence-corrected chi connectivity index (χ3v) is 6.02. The van der Waals surface area contributed by atoms with Crippen LogP contribution in [0.25, 0.3) is 0 Å². The van der Waals surface area contributed by atoms with Gasteiger partial charge in [0, 0.05) is 13.7 Å². The Hall–Kier alpha value is -2.70. The van der Waals surface area contributed by atoms with E-state index in [1.165, 1.54) is 5.57 Å². The minimum atomic E-state index is -0.540. The second kappa shape index (κ2) is 13.7. The predicted molar refractivity (Wildman–Crippen MR) is 152 cm³/mol. The number of carbonyl (C=O) groups excluding carboxylic acids is 1. The Morgan fingerprint density at radius 3 is 2.49 bits per heavy atom. The lowest BCUT2D eigenvalue weighted by molar-refractivity contribution is -0.150. The SMILES string of the molecule is CC=C1OC1/C(C)=C\C(=C/C)C(=Nc1cc(CNC(COC)C(=O)OCC(C)(C)C)ccc1C)C(C)C. The summed E-state index contributed by atoms with van der Waals surface area (Å²) < 4.78 is 16.4. The molecule has 6 heteroatoms. The molecule has 37 heavy (non-hydrogen) atoms. The van der Waals surface area contributed by atoms with E-state index in [9.17, 15) is 4.79 Å². The van der Waals surface area contributed by atoms with E-state index in [1.54, 1.807) is 7.11 Å². The highest BCUT2D eigenvalue weighted by molar-refractivity contribution is 6.05. The molecule has 1 aromatic rings. The van der Waals surface area contributed by atoms with Gasteiger partial charge in [0.25, 0.3) is 0 Å². The van der Waals surface area contributed by atoms with Gasteiger partial charge in [-0.25, -0.2) is 0 Å². The van der Waals surface area contributed by atoms with Gasteiger partial charge in [-0.15, -0.1) is 0 Å². The molecular weight excluding hydrogens is 464 g/mol. The Labute approximate surface area is 223 Å². The molecule has 2 atom stereocenters. The van der Waals surface area contributed by atoms with E-state index in [0.717, 1.165) is 33.9 Å². The number of aryl methyl sites for hydroxylation is 1. The Morgan fingerprint density at radius 1 is 1.24 bits per heavy atom. The number of hydrogen-bond donors (Lipinski definition) is 1. The molecule has 0 bridgehead atoms. The molecule has 204 valence electrons. The molecule has 1 N–H and O–H groups in total. The summed E-state index contributed by atoms with van der Waals surface area (Å²) in [5.74, 6) is 0.962. The number of nitrogens with zero attached hydrogens (tertiary/aromatic N) is 1. The van der Waals surface area contributed by atoms with Crippen LogP contribution >= 0.6 is 0 Å². The predicted octanol–water partition coefficient (Wildman–Crippen LogP) is 6.61. The number of nitrogens with one attached hydrogen (secondary N) is 1. The third kappa shape index (κ3) is 9.60. The Morgan fingerprint density at radius 2 is 1.95 bits per heavy atom. The first-order chi connectivity index (χ1) is 17.4. The summed E-state index contributed by atoms with van der Waals surface area (Å²) in [7, 11) is 1.58. The average Bonchev–Trinajstić information content (AvgIpc) is 3.63. The van der Waals surface area contributed by atoms with Crippen LogP contribution in [0.4, 0.5) is 5.69 Å². The Bertz CT molecular complexity index is 1060. The normalized spacial score (nSPS) is 18.7. The van der Waals surface area contributed by atoms with Gasteiger partial charge < -0.3 is 14.2 Å². The van der Waals surface area contributed by atoms with Crippen molar-refractivity contribution in [2.24, 2.45) is 16.3 Å². The number of allylic oxidation sites excluding steroid dienone is 4. The van der Waals surface area contributed by atoms with Crippen molar-refractivity contribution in [2.45, 2.75) is 81.0 Å². The maximum Gasteiger partial charge on any atom is 0.325 e. The van der Waals surface area contributed by atoms with E-state index >= 15 is 0 Å². The van der Waals surface area contributed by atoms with E-state index in [1.807, 2.05) is 40.7 Å². The first-order valence-corrected chi connectivity index (χ1v) is 13.1. The van der Waals surface area contributed by atoms with E-state index in [4.69, 9.17) is 19.2 Å². The second-order valence-electron chi connectivity index (χ2n) is 11.2. The van der Waals surface area contributed by atoms with Gasteiger partial charge >= 0.3 is 5.97 Å². The fourth-order valence-corrected chi connectivity index (χ4v) is 3.81. The zero-order valence-corrected chi connectivity index (χ0v) is 24.4. The lowest BCUT2D eigenvalue weighted by atomic mass is 9.96. The van der Waals surface area contributed by atoms with E-state index in [-0.39, 0.29) is 30.0 Å². The molecule has 0 spiro atoms. The van der Waals surface area contributed by atoms with Gasteiger partial charge in [0.2, 0.25) is 0 Å². The molecular formula is C31H46N2O4. The molecule has 1 aliphatic rings. The summed E-state index contributed by atoms with van der Waals surface area (Å²) in [4.78, 5) is 17.7. The number of rotatable bonds is 12. The zero-order valence-electron chi connectivity index (χ0n) is 24.4. The molecule has 1 aliphatic heterocycles. The number of ether oxygens (including phenoxy) is 3. The van der Waals surface area contributed by atoms with E-state index < -0.39 is 6.04 Å². The highest BCUT2D eigenvalue weighted by atomic mass is 16.6. The summed E-state index contributed by atoms with van der Waals surface area (Å²) in [6.07, 6.45) is 6.39. The Kier molecular flexibility index (Phi) is 11.3. The molecule has 2 unspecified atom stereocenters. The van der Waals surface area contributed by atoms with Crippen molar-refractivity contribution in [1.82, 2.24) is 5.32 Å². The van der Waals surface area contributed by atoms with Crippen LogP contribution in [0.5, 0.6) is 0 Å². The molecule has 1 fully saturated rings. The molecule has 2 rings (SSSR count). The zero-order chi connectivity index (χ0) is 27.8. The Balaban J connectivity index is 2.24. The lowest BCUT2D eigenvalue weighted by Crippen LogP contribution is -2.42. The second-order valence-corrected chi connectivity index (χ2v) is 11.2. The van der Waals surface area contributed by atoms with Crippen molar-refractivity contribution in [3.05, 3.63) is 64.5 Å². The summed E-state index contributed by atoms with van der Waals surface area (Å²) in [6, 6.07) is 5.68. The van der Waals surface area contributed by atoms with Crippen LogP contribution in [-0.2, 0) is 25.5 Å². The quantitative estimate of drug-likeness (QED) is 0.148. The number of hydrogen-bond acceptors (Lipinski definition) is 6. The number of carbonyl (C=O) groups is 1. The maximum absolute atomic E-state index is 12.6. The van der Waals surface area contributed by atoms with Crippen LogP contribution in [0, 0.1) is 18.3 Å². The van der Waals surface area contributed by atoms with E-state index in [2.05, 4.69) is 63.4 Å². The van der Waals surface area contributed by atoms with Crippen molar-refractivity contribution in [3.8, 4) is 0 Å². The van der Waals surface area contributed by atoms with Crippen molar-refractivity contribution in [1.29, 1.82) is 0 Å². The minimum Gasteiger partial charge on any atom is -0.478 e. The van der Waals surface area contributed by atoms with Gasteiger partial charge in [-0.3, -0.25) is 15.1 Å². The van der Waals surface area contributed by atoms with Crippen LogP contribution < -0.4 is 5.32 Å². The standard InChI is InChI=1S/C31H46N2O4/c1-11-24(15-22(6)29-27(12-2)37-29)28(20(3)4)33-25-16-23(14-13-21(25)5)17-32-26(18-35-10)30(34)36-19-31(7,8)9/h11-16,20,26,29,32H,17-19H2,1-10H3/b22-15-,24-11+,27-12?,33-28?. The molecule has 0 aromatic heterocycles. The number of epoxide rings is 1. The van der Waals surface area contributed by atoms with Crippen LogP contribution in [-0.4, -0.2) is 44.2 Å². The summed E-state index contributed by atoms with van der Waals surface area (Å²) >= 11 is 0. The molecule has 6 nitrogen and oxygen atoms in total. The molecule has 0 amide bonds. The number of aliphatic imine (C=N–C) groups is 1. The highest BCUT2D eigenvalue weighted by Crippen LogP contribution is 2.34. The van der Waals surface area contributed by atoms with Crippen molar-refractivity contribution in [2.75, 3.05) is 20.3 Å². The molecule has 1 saturated heterocycles. The van der Waals surface area contributed by atoms with Crippen molar-refractivity contribution < 1.29 is 19.0 Å². The van der Waals surface area contributed by atoms with Gasteiger partial charge in [0.15, 0.2) is 6.10 Å². The molecule has 1 aromatic carbocycles. The largest absolute Gasteiger partial charge is 0.478 e. The fraction of sp³-hybridized carbons (Fsp3) is 0.548. The molecule has 0 saturated carbocycles. The third-order valence-electron chi connectivity index (χ3n) is 6.02. The summed E-state index contributed by atoms with van der Waals surface area (Å²) in [6.45, 7) is 19.7. The topological polar surface area (TPSA) is 72.5 Å². The first-order valence-electron chi connectivity index (χ1n) is 13.1. The van der Waals surface area contributed by atoms with Gasteiger partial charge in [0.1, 0.15) is 11.8 Å². The van der Waals surface area contributed by atoms with Crippen LogP contribution in [0.1, 0.15) is 66.5 Å². The first kappa shape index (κ1) is 30.5. The fourth-order valence-electron chi connectivity index (χ4n) is 3.81. The van der Waals surface area contributed by atoms with Gasteiger partial charge in [-0.2, -0.15) is 0 Å². The highest BCUT2D eigenvalue weighted by Gasteiger charge is 2.33. The minimum absolute atomic E-state index is 0.0830. The van der Waals surface area contributed by atoms with Crippen molar-refractivity contribution in [3.63, 3.8) is 0 Å². The van der Waals surface area contributed by atoms with Crippen LogP contribution in [0.15, 0.2) is 58.3 Å². The molecule has 0 radical (unpaired) electrons. The number of esters is 1. The maximum atomic E-state index is 12.6. The number of benzene rings is 1. The van der Waals surface area contributed by atoms with Crippen molar-refractivity contribution >= 4 is 17.4 Å². The average molecular weight is 511 g/mol. The summed E-state index contributed by atoms with van der Waals surface area (Å²) in [5.41, 5.74) is 6.26. The molecule has 1 heterocycles. The van der Waals surface area contributed by atoms with Crippen LogP contribution in [0.3, 0.4) is 0 Å². The van der Waals surface area contributed by atoms with E-state index in [0.29, 0.717) is 13.2 Å². The van der Waals surface area contributed by atoms with Crippen LogP contribution in [0.2, 0.25) is 0 Å². The lowest BCUT2D eigenvalue weighted by Gasteiger charge is -2.22. The van der Waals surface area contributed by atoms with Gasteiger partial charge in [0.05, 0.1) is 24.6 Å². The summed E-state index contributed by atoms with van der Waals surface area (Å²) in [5, 5.41) is 3.30. The number of methoxy groups -OCH3 is 1. The van der Waals surface area contributed by atoms with Gasteiger partial charge in [-0.1, -0.05) is 58.9 Å².